The molecule has 0 radical (unpaired) electrons. The number of carbonyl (C=O) groups is 2. The molecule has 2 fully saturated rings. The van der Waals surface area contributed by atoms with Gasteiger partial charge < -0.3 is 0 Å². The molecule has 2 saturated heterocycles. The monoisotopic (exact) mass is 412 g/mol. The van der Waals surface area contributed by atoms with Crippen LogP contribution in [0.3, 0.4) is 0 Å². The van der Waals surface area contributed by atoms with Gasteiger partial charge in [0, 0.05) is 57.9 Å². The van der Waals surface area contributed by atoms with Crippen molar-refractivity contribution in [2.45, 2.75) is 46.2 Å². The number of amides is 3. The fraction of sp³-hybridized carbons (Fsp3) is 0.591. The average Bonchev–Trinajstić information content (AvgIpc) is 3.12. The Kier molecular flexibility index (Phi) is 6.06. The summed E-state index contributed by atoms with van der Waals surface area (Å²) in [5.41, 5.74) is 2.85. The van der Waals surface area contributed by atoms with E-state index in [1.54, 1.807) is 15.6 Å². The number of nitrogens with zero attached hydrogens (tertiary/aromatic N) is 5. The minimum atomic E-state index is -0.376. The van der Waals surface area contributed by atoms with Gasteiger partial charge >= 0.3 is 6.03 Å². The third-order valence-corrected chi connectivity index (χ3v) is 6.08. The smallest absolute Gasteiger partial charge is 0.298 e. The summed E-state index contributed by atoms with van der Waals surface area (Å²) in [4.78, 5) is 30.5. The van der Waals surface area contributed by atoms with E-state index in [9.17, 15) is 9.59 Å². The molecule has 0 unspecified atom stereocenters. The molecular formula is C22H32N6O2. The number of rotatable bonds is 6. The van der Waals surface area contributed by atoms with Gasteiger partial charge in [0.05, 0.1) is 17.4 Å². The number of fused-ring (bicyclic) bond motifs is 1. The fourth-order valence-electron chi connectivity index (χ4n) is 4.57. The second kappa shape index (κ2) is 8.73. The topological polar surface area (TPSA) is 73.2 Å². The van der Waals surface area contributed by atoms with Crippen LogP contribution in [0.2, 0.25) is 0 Å². The highest BCUT2D eigenvalue weighted by molar-refractivity contribution is 6.07. The van der Waals surface area contributed by atoms with Crippen LogP contribution in [0.4, 0.5) is 10.5 Å². The van der Waals surface area contributed by atoms with Crippen molar-refractivity contribution in [1.82, 2.24) is 24.7 Å². The highest BCUT2D eigenvalue weighted by atomic mass is 16.2. The number of piperazine rings is 1. The number of imide groups is 1. The van der Waals surface area contributed by atoms with Crippen LogP contribution in [0, 0.1) is 5.92 Å². The molecule has 30 heavy (non-hydrogen) atoms. The predicted octanol–water partition coefficient (Wildman–Crippen LogP) is 2.33. The quantitative estimate of drug-likeness (QED) is 0.788. The molecule has 4 rings (SSSR count). The maximum Gasteiger partial charge on any atom is 0.328 e. The third kappa shape index (κ3) is 4.34. The van der Waals surface area contributed by atoms with Gasteiger partial charge in [-0.05, 0) is 30.0 Å². The summed E-state index contributed by atoms with van der Waals surface area (Å²) in [6, 6.07) is 4.45. The zero-order valence-corrected chi connectivity index (χ0v) is 18.2. The van der Waals surface area contributed by atoms with Gasteiger partial charge in [-0.15, -0.1) is 0 Å². The molecule has 0 bridgehead atoms. The normalized spacial score (nSPS) is 21.6. The maximum absolute atomic E-state index is 12.3. The molecule has 0 aromatic carbocycles. The summed E-state index contributed by atoms with van der Waals surface area (Å²) in [6.07, 6.45) is 5.12. The van der Waals surface area contributed by atoms with Crippen molar-refractivity contribution in [2.24, 2.45) is 5.92 Å². The standard InChI is InChI=1S/C22H32N6O2/c1-4-18-15-25(9-10-26(18)13-16(2)3)14-17-5-8-28-19(11-17)20(12-23-28)27-7-6-21(29)24-22(27)30/h5,8,11-12,16,18H,4,6-7,9-10,13-15H2,1-3H3,(H,24,29,30)/t18-/m0/s1. The third-order valence-electron chi connectivity index (χ3n) is 6.08. The van der Waals surface area contributed by atoms with Crippen molar-refractivity contribution in [2.75, 3.05) is 37.6 Å². The maximum atomic E-state index is 12.3. The van der Waals surface area contributed by atoms with Crippen molar-refractivity contribution in [1.29, 1.82) is 0 Å². The van der Waals surface area contributed by atoms with Crippen LogP contribution in [0.1, 0.15) is 39.2 Å². The summed E-state index contributed by atoms with van der Waals surface area (Å²) >= 11 is 0. The molecule has 2 aromatic rings. The SMILES string of the molecule is CC[C@H]1CN(Cc2ccn3ncc(N4CCC(=O)NC4=O)c3c2)CCN1CC(C)C. The first-order valence-corrected chi connectivity index (χ1v) is 11.0. The lowest BCUT2D eigenvalue weighted by molar-refractivity contribution is -0.120. The van der Waals surface area contributed by atoms with Crippen molar-refractivity contribution in [3.8, 4) is 0 Å². The van der Waals surface area contributed by atoms with E-state index in [-0.39, 0.29) is 11.9 Å². The second-order valence-electron chi connectivity index (χ2n) is 8.84. The van der Waals surface area contributed by atoms with Crippen LogP contribution in [0.5, 0.6) is 0 Å². The van der Waals surface area contributed by atoms with E-state index in [1.807, 2.05) is 6.20 Å². The predicted molar refractivity (Wildman–Crippen MR) is 116 cm³/mol. The number of pyridine rings is 1. The van der Waals surface area contributed by atoms with Crippen LogP contribution in [0.15, 0.2) is 24.5 Å². The number of urea groups is 1. The summed E-state index contributed by atoms with van der Waals surface area (Å²) in [5.74, 6) is 0.464. The first-order valence-electron chi connectivity index (χ1n) is 11.0. The molecule has 2 aliphatic heterocycles. The zero-order valence-electron chi connectivity index (χ0n) is 18.2. The van der Waals surface area contributed by atoms with E-state index in [0.717, 1.165) is 50.3 Å². The molecule has 2 aromatic heterocycles. The van der Waals surface area contributed by atoms with Gasteiger partial charge in [0.1, 0.15) is 0 Å². The molecular weight excluding hydrogens is 380 g/mol. The van der Waals surface area contributed by atoms with Crippen LogP contribution in [-0.2, 0) is 11.3 Å². The molecule has 0 spiro atoms. The zero-order chi connectivity index (χ0) is 21.3. The van der Waals surface area contributed by atoms with Gasteiger partial charge in [-0.25, -0.2) is 9.31 Å². The Balaban J connectivity index is 1.49. The van der Waals surface area contributed by atoms with Gasteiger partial charge in [-0.3, -0.25) is 24.8 Å². The summed E-state index contributed by atoms with van der Waals surface area (Å²) in [7, 11) is 0. The Morgan fingerprint density at radius 1 is 1.23 bits per heavy atom. The van der Waals surface area contributed by atoms with Crippen molar-refractivity contribution < 1.29 is 9.59 Å². The van der Waals surface area contributed by atoms with Crippen molar-refractivity contribution in [3.05, 3.63) is 30.1 Å². The highest BCUT2D eigenvalue weighted by Gasteiger charge is 2.28. The van der Waals surface area contributed by atoms with Gasteiger partial charge in [0.25, 0.3) is 0 Å². The van der Waals surface area contributed by atoms with Gasteiger partial charge in [-0.1, -0.05) is 20.8 Å². The number of carbonyl (C=O) groups excluding carboxylic acids is 2. The van der Waals surface area contributed by atoms with Gasteiger partial charge in [-0.2, -0.15) is 5.10 Å². The van der Waals surface area contributed by atoms with Crippen LogP contribution >= 0.6 is 0 Å². The van der Waals surface area contributed by atoms with E-state index in [0.29, 0.717) is 24.9 Å². The van der Waals surface area contributed by atoms with Gasteiger partial charge in [0.2, 0.25) is 5.91 Å². The van der Waals surface area contributed by atoms with Crippen LogP contribution in [0.25, 0.3) is 5.52 Å². The Morgan fingerprint density at radius 2 is 2.07 bits per heavy atom. The molecule has 8 heteroatoms. The van der Waals surface area contributed by atoms with E-state index in [4.69, 9.17) is 0 Å². The fourth-order valence-corrected chi connectivity index (χ4v) is 4.57. The first-order chi connectivity index (χ1) is 14.4. The largest absolute Gasteiger partial charge is 0.328 e. The molecule has 0 saturated carbocycles. The van der Waals surface area contributed by atoms with Crippen molar-refractivity contribution >= 4 is 23.1 Å². The lowest BCUT2D eigenvalue weighted by Crippen LogP contribution is -2.53. The number of hydrogen-bond donors (Lipinski definition) is 1. The molecule has 1 N–H and O–H groups in total. The van der Waals surface area contributed by atoms with Gasteiger partial charge in [0.15, 0.2) is 0 Å². The molecule has 4 heterocycles. The first kappa shape index (κ1) is 20.8. The molecule has 2 aliphatic rings. The molecule has 0 aliphatic carbocycles. The number of anilines is 1. The number of aromatic nitrogens is 2. The van der Waals surface area contributed by atoms with E-state index >= 15 is 0 Å². The number of hydrogen-bond acceptors (Lipinski definition) is 5. The van der Waals surface area contributed by atoms with Crippen molar-refractivity contribution in [3.63, 3.8) is 0 Å². The summed E-state index contributed by atoms with van der Waals surface area (Å²) < 4.78 is 1.79. The Labute approximate surface area is 177 Å². The molecule has 162 valence electrons. The average molecular weight is 413 g/mol. The highest BCUT2D eigenvalue weighted by Crippen LogP contribution is 2.25. The Bertz CT molecular complexity index is 923. The second-order valence-corrected chi connectivity index (χ2v) is 8.84. The molecule has 8 nitrogen and oxygen atoms in total. The molecule has 1 atom stereocenters. The Hall–Kier alpha value is -2.45. The van der Waals surface area contributed by atoms with E-state index in [1.165, 1.54) is 5.56 Å². The van der Waals surface area contributed by atoms with Crippen LogP contribution in [-0.4, -0.2) is 70.1 Å². The van der Waals surface area contributed by atoms with E-state index in [2.05, 4.69) is 53.1 Å². The lowest BCUT2D eigenvalue weighted by atomic mass is 10.1. The Morgan fingerprint density at radius 3 is 2.80 bits per heavy atom. The van der Waals surface area contributed by atoms with E-state index < -0.39 is 0 Å². The molecule has 3 amide bonds. The van der Waals surface area contributed by atoms with Crippen LogP contribution < -0.4 is 10.2 Å². The minimum absolute atomic E-state index is 0.226. The summed E-state index contributed by atoms with van der Waals surface area (Å²) in [5, 5.41) is 6.78. The number of nitrogens with one attached hydrogen (secondary N) is 1. The lowest BCUT2D eigenvalue weighted by Gasteiger charge is -2.42. The minimum Gasteiger partial charge on any atom is -0.298 e. The summed E-state index contributed by atoms with van der Waals surface area (Å²) in [6.45, 7) is 12.5.